The highest BCUT2D eigenvalue weighted by Crippen LogP contribution is 2.44. The number of hydrogen-bond donors (Lipinski definition) is 10. The van der Waals surface area contributed by atoms with Gasteiger partial charge in [0.25, 0.3) is 5.69 Å². The summed E-state index contributed by atoms with van der Waals surface area (Å²) in [6.45, 7) is 16.3. The molecule has 0 aliphatic heterocycles. The van der Waals surface area contributed by atoms with E-state index in [0.29, 0.717) is 17.9 Å². The van der Waals surface area contributed by atoms with Crippen molar-refractivity contribution in [1.29, 1.82) is 0 Å². The highest BCUT2D eigenvalue weighted by molar-refractivity contribution is 5.96. The Morgan fingerprint density at radius 2 is 1.14 bits per heavy atom. The van der Waals surface area contributed by atoms with Crippen molar-refractivity contribution in [2.24, 2.45) is 27.8 Å². The number of primary amides is 1. The van der Waals surface area contributed by atoms with Gasteiger partial charge in [-0.05, 0) is 132 Å². The fourth-order valence-corrected chi connectivity index (χ4v) is 10.5. The third-order valence-corrected chi connectivity index (χ3v) is 15.7. The summed E-state index contributed by atoms with van der Waals surface area (Å²) < 4.78 is 22.2. The van der Waals surface area contributed by atoms with Crippen LogP contribution in [0.1, 0.15) is 119 Å². The number of hydrogen-bond acceptors (Lipinski definition) is 22. The normalized spacial score (nSPS) is 13.2. The molecular formula is C72H97N15O19. The molecule has 0 unspecified atom stereocenters. The summed E-state index contributed by atoms with van der Waals surface area (Å²) in [6, 6.07) is 20.9. The van der Waals surface area contributed by atoms with Gasteiger partial charge in [-0.3, -0.25) is 63.0 Å². The lowest BCUT2D eigenvalue weighted by molar-refractivity contribution is -0.384. The molecule has 11 N–H and O–H groups in total. The number of nitrogens with two attached hydrogens (primary N) is 1. The fraction of sp³-hybridized carbons (Fsp3) is 0.486. The molecule has 4 aromatic rings. The smallest absolute Gasteiger partial charge is 0.410 e. The summed E-state index contributed by atoms with van der Waals surface area (Å²) in [5.74, 6) is -11.1. The van der Waals surface area contributed by atoms with Crippen molar-refractivity contribution >= 4 is 100 Å². The van der Waals surface area contributed by atoms with E-state index in [9.17, 15) is 72.4 Å². The molecule has 0 saturated heterocycles. The molecule has 106 heavy (non-hydrogen) atoms. The first-order chi connectivity index (χ1) is 49.9. The molecule has 0 bridgehead atoms. The summed E-state index contributed by atoms with van der Waals surface area (Å²) in [5, 5.41) is 41.3. The van der Waals surface area contributed by atoms with E-state index in [0.717, 1.165) is 27.9 Å². The Morgan fingerprint density at radius 1 is 0.585 bits per heavy atom. The minimum absolute atomic E-state index is 0.0342. The Hall–Kier alpha value is -11.6. The quantitative estimate of drug-likeness (QED) is 0.00985. The number of nitro groups is 1. The molecule has 34 heteroatoms. The molecule has 0 heterocycles. The Balaban J connectivity index is 1.22. The third kappa shape index (κ3) is 28.9. The van der Waals surface area contributed by atoms with E-state index >= 15 is 0 Å². The maximum absolute atomic E-state index is 14.2. The predicted octanol–water partition coefficient (Wildman–Crippen LogP) is 4.26. The molecule has 574 valence electrons. The average Bonchev–Trinajstić information content (AvgIpc) is 1.61. The summed E-state index contributed by atoms with van der Waals surface area (Å²) in [5.41, 5.74) is 8.43. The van der Waals surface area contributed by atoms with Crippen molar-refractivity contribution in [2.45, 2.75) is 150 Å². The van der Waals surface area contributed by atoms with Crippen LogP contribution < -0.4 is 58.5 Å². The van der Waals surface area contributed by atoms with Crippen LogP contribution in [0.2, 0.25) is 0 Å². The van der Waals surface area contributed by atoms with E-state index in [2.05, 4.69) is 58.1 Å². The van der Waals surface area contributed by atoms with Gasteiger partial charge in [-0.15, -0.1) is 0 Å². The number of likely N-dealkylation sites (N-methyl/N-ethyl adjacent to an activating group) is 1. The SMILES string of the molecule is CCN(CCN(CC(=O)NCC(=O)N[C@H](C(=O)N[C@@H](CC(=O)OCCC(=O)NC[C@@H](NC(=O)[C@H](CC(C)C)NC(=O)OC(C)(C)C)C(=O)N[C@@H](C)C(=O)NCC(=O)NCC(N)=O)C(=O)OC(C)(C)C)C(C)C)C(=O)OCC1c2ccccc2-c2ccccc21)c1ccc(N=Nc2ccc([N+](=O)[O-])cc2)cc1. The number of benzene rings is 4. The topological polar surface area (TPSA) is 467 Å². The van der Waals surface area contributed by atoms with Gasteiger partial charge in [0.15, 0.2) is 0 Å². The molecule has 5 rings (SSSR count). The molecular weight excluding hydrogens is 1380 g/mol. The van der Waals surface area contributed by atoms with Gasteiger partial charge in [-0.1, -0.05) is 76.2 Å². The van der Waals surface area contributed by atoms with E-state index in [-0.39, 0.29) is 43.6 Å². The standard InChI is InChI=1S/C72H97N15O19/c1-13-85(47-26-22-45(23-27-47)83-84-46-24-28-48(29-25-46)87(101)102)31-32-86(70(100)104-41-53-51-20-16-14-18-49(51)50-19-15-17-21-52(50)53)40-61(92)76-39-60(91)82-63(43(4)5)67(97)79-55(68(98)105-71(7,8)9)35-62(93)103-33-30-58(89)74-36-56(66(96)78-44(6)64(94)77-38-59(90)75-37-57(73)88)80-65(95)54(34-42(2)3)81-69(99)106-72(10,11)12/h14-29,42-44,53-56,63H,13,30-41H2,1-12H3,(H2,73,88)(H,74,89)(H,75,90)(H,76,92)(H,77,94)(H,78,96)(H,79,97)(H,80,95)(H,81,99)(H,82,91)/t44-,54-,55-,56+,63-/m0/s1. The predicted molar refractivity (Wildman–Crippen MR) is 386 cm³/mol. The number of carbonyl (C=O) groups excluding carboxylic acids is 13. The van der Waals surface area contributed by atoms with Crippen LogP contribution in [0.15, 0.2) is 107 Å². The zero-order valence-electron chi connectivity index (χ0n) is 61.6. The lowest BCUT2D eigenvalue weighted by Gasteiger charge is -2.28. The number of fused-ring (bicyclic) bond motifs is 3. The van der Waals surface area contributed by atoms with Gasteiger partial charge < -0.3 is 77.4 Å². The molecule has 0 saturated carbocycles. The number of carbonyl (C=O) groups is 13. The highest BCUT2D eigenvalue weighted by atomic mass is 16.6. The van der Waals surface area contributed by atoms with Crippen LogP contribution in [0.25, 0.3) is 11.1 Å². The Morgan fingerprint density at radius 3 is 1.70 bits per heavy atom. The van der Waals surface area contributed by atoms with E-state index in [1.165, 1.54) is 56.9 Å². The molecule has 1 aliphatic carbocycles. The Kier molecular flexibility index (Phi) is 32.4. The number of amides is 11. The molecule has 4 aromatic carbocycles. The number of anilines is 1. The lowest BCUT2D eigenvalue weighted by atomic mass is 9.98. The maximum Gasteiger partial charge on any atom is 0.410 e. The van der Waals surface area contributed by atoms with Gasteiger partial charge in [-0.2, -0.15) is 10.2 Å². The monoisotopic (exact) mass is 1480 g/mol. The number of rotatable bonds is 38. The van der Waals surface area contributed by atoms with Gasteiger partial charge in [0.1, 0.15) is 61.2 Å². The van der Waals surface area contributed by atoms with Crippen molar-refractivity contribution in [3.05, 3.63) is 118 Å². The third-order valence-electron chi connectivity index (χ3n) is 15.7. The maximum atomic E-state index is 14.2. The van der Waals surface area contributed by atoms with Gasteiger partial charge in [0, 0.05) is 49.9 Å². The minimum Gasteiger partial charge on any atom is -0.465 e. The van der Waals surface area contributed by atoms with Crippen molar-refractivity contribution in [3.63, 3.8) is 0 Å². The van der Waals surface area contributed by atoms with Crippen LogP contribution >= 0.6 is 0 Å². The number of nitrogens with zero attached hydrogens (tertiary/aromatic N) is 5. The number of ether oxygens (including phenoxy) is 4. The minimum atomic E-state index is -1.72. The number of nitro benzene ring substituents is 1. The molecule has 0 fully saturated rings. The van der Waals surface area contributed by atoms with Gasteiger partial charge >= 0.3 is 24.1 Å². The largest absolute Gasteiger partial charge is 0.465 e. The fourth-order valence-electron chi connectivity index (χ4n) is 10.5. The second-order valence-corrected chi connectivity index (χ2v) is 27.5. The van der Waals surface area contributed by atoms with E-state index in [4.69, 9.17) is 24.7 Å². The van der Waals surface area contributed by atoms with Crippen LogP contribution in [-0.4, -0.2) is 194 Å². The van der Waals surface area contributed by atoms with Crippen LogP contribution in [0.3, 0.4) is 0 Å². The van der Waals surface area contributed by atoms with Crippen LogP contribution in [0.5, 0.6) is 0 Å². The van der Waals surface area contributed by atoms with Crippen molar-refractivity contribution in [1.82, 2.24) is 52.8 Å². The summed E-state index contributed by atoms with van der Waals surface area (Å²) in [4.78, 5) is 186. The Bertz CT molecular complexity index is 3770. The summed E-state index contributed by atoms with van der Waals surface area (Å²) >= 11 is 0. The molecule has 34 nitrogen and oxygen atoms in total. The Labute approximate surface area is 614 Å². The van der Waals surface area contributed by atoms with Crippen molar-refractivity contribution in [3.8, 4) is 11.1 Å². The molecule has 1 aliphatic rings. The average molecular weight is 1480 g/mol. The van der Waals surface area contributed by atoms with Crippen molar-refractivity contribution in [2.75, 3.05) is 70.5 Å². The zero-order valence-corrected chi connectivity index (χ0v) is 61.6. The van der Waals surface area contributed by atoms with Gasteiger partial charge in [-0.25, -0.2) is 14.4 Å². The second kappa shape index (κ2) is 40.4. The molecule has 5 atom stereocenters. The molecule has 11 amide bonds. The number of non-ortho nitro benzene ring substituents is 1. The number of alkyl carbamates (subject to hydrolysis) is 1. The van der Waals surface area contributed by atoms with Crippen molar-refractivity contribution < 1.29 is 86.2 Å². The van der Waals surface area contributed by atoms with Crippen LogP contribution in [-0.2, 0) is 71.7 Å². The van der Waals surface area contributed by atoms with E-state index < -0.39 is 182 Å². The summed E-state index contributed by atoms with van der Waals surface area (Å²) in [7, 11) is 0. The van der Waals surface area contributed by atoms with Crippen LogP contribution in [0.4, 0.5) is 32.3 Å². The first-order valence-electron chi connectivity index (χ1n) is 34.5. The first kappa shape index (κ1) is 85.0. The number of azo groups is 1. The van der Waals surface area contributed by atoms with Gasteiger partial charge in [0.05, 0.1) is 48.8 Å². The lowest BCUT2D eigenvalue weighted by Crippen LogP contribution is -2.59. The van der Waals surface area contributed by atoms with E-state index in [1.54, 1.807) is 72.7 Å². The summed E-state index contributed by atoms with van der Waals surface area (Å²) in [6.07, 6.45) is -3.09. The number of nitrogens with one attached hydrogen (secondary N) is 9. The zero-order chi connectivity index (χ0) is 78.6. The van der Waals surface area contributed by atoms with Gasteiger partial charge in [0.2, 0.25) is 53.2 Å². The second-order valence-electron chi connectivity index (χ2n) is 27.5. The first-order valence-corrected chi connectivity index (χ1v) is 34.5. The highest BCUT2D eigenvalue weighted by Gasteiger charge is 2.36. The molecule has 0 aromatic heterocycles. The van der Waals surface area contributed by atoms with Crippen LogP contribution in [0, 0.1) is 22.0 Å². The number of esters is 2. The molecule has 0 spiro atoms. The molecule has 0 radical (unpaired) electrons. The van der Waals surface area contributed by atoms with E-state index in [1.807, 2.05) is 60.4 Å².